The van der Waals surface area contributed by atoms with E-state index in [1.54, 1.807) is 17.7 Å². The Morgan fingerprint density at radius 3 is 2.77 bits per heavy atom. The van der Waals surface area contributed by atoms with Crippen molar-refractivity contribution >= 4 is 38.3 Å². The van der Waals surface area contributed by atoms with Crippen molar-refractivity contribution in [2.75, 3.05) is 31.2 Å². The van der Waals surface area contributed by atoms with Crippen LogP contribution in [-0.2, 0) is 4.74 Å². The molecule has 5 heterocycles. The summed E-state index contributed by atoms with van der Waals surface area (Å²) in [6, 6.07) is 8.15. The van der Waals surface area contributed by atoms with Gasteiger partial charge in [0.15, 0.2) is 11.6 Å². The van der Waals surface area contributed by atoms with Gasteiger partial charge < -0.3 is 9.64 Å². The van der Waals surface area contributed by atoms with E-state index in [-0.39, 0.29) is 0 Å². The number of fused-ring (bicyclic) bond motifs is 2. The molecular formula is C21H17N7OS. The van der Waals surface area contributed by atoms with Gasteiger partial charge in [-0.1, -0.05) is 12.1 Å². The van der Waals surface area contributed by atoms with Gasteiger partial charge in [0.1, 0.15) is 6.33 Å². The Balaban J connectivity index is 1.58. The van der Waals surface area contributed by atoms with E-state index in [1.807, 2.05) is 36.8 Å². The number of nitrogens with zero attached hydrogens (tertiary/aromatic N) is 6. The summed E-state index contributed by atoms with van der Waals surface area (Å²) in [5.74, 6) is 1.65. The first-order chi connectivity index (χ1) is 14.9. The lowest BCUT2D eigenvalue weighted by atomic mass is 10.1. The molecule has 0 unspecified atom stereocenters. The number of benzene rings is 1. The third-order valence-electron chi connectivity index (χ3n) is 5.24. The largest absolute Gasteiger partial charge is 0.378 e. The summed E-state index contributed by atoms with van der Waals surface area (Å²) in [6.45, 7) is 3.01. The maximum Gasteiger partial charge on any atom is 0.162 e. The molecule has 30 heavy (non-hydrogen) atoms. The van der Waals surface area contributed by atoms with E-state index < -0.39 is 0 Å². The van der Waals surface area contributed by atoms with Crippen LogP contribution in [0.25, 0.3) is 42.9 Å². The van der Waals surface area contributed by atoms with Crippen molar-refractivity contribution in [2.24, 2.45) is 0 Å². The minimum absolute atomic E-state index is 0.697. The second-order valence-corrected chi connectivity index (χ2v) is 8.11. The van der Waals surface area contributed by atoms with Crippen LogP contribution < -0.4 is 4.90 Å². The van der Waals surface area contributed by atoms with Gasteiger partial charge in [-0.25, -0.2) is 19.9 Å². The quantitative estimate of drug-likeness (QED) is 0.482. The molecule has 0 saturated carbocycles. The lowest BCUT2D eigenvalue weighted by Crippen LogP contribution is -2.36. The van der Waals surface area contributed by atoms with Crippen LogP contribution in [-0.4, -0.2) is 56.4 Å². The molecule has 1 N–H and O–H groups in total. The average Bonchev–Trinajstić information content (AvgIpc) is 3.46. The van der Waals surface area contributed by atoms with Gasteiger partial charge in [0.05, 0.1) is 35.1 Å². The van der Waals surface area contributed by atoms with Gasteiger partial charge in [-0.2, -0.15) is 5.10 Å². The van der Waals surface area contributed by atoms with Gasteiger partial charge in [0.2, 0.25) is 0 Å². The third-order valence-corrected chi connectivity index (χ3v) is 6.40. The van der Waals surface area contributed by atoms with Crippen LogP contribution in [0.5, 0.6) is 0 Å². The number of H-pyrrole nitrogens is 1. The van der Waals surface area contributed by atoms with Crippen molar-refractivity contribution in [3.05, 3.63) is 49.2 Å². The Bertz CT molecular complexity index is 1340. The van der Waals surface area contributed by atoms with Crippen LogP contribution in [0.1, 0.15) is 0 Å². The van der Waals surface area contributed by atoms with Crippen molar-refractivity contribution in [3.8, 4) is 21.8 Å². The molecule has 1 aliphatic rings. The number of aromatic amines is 1. The summed E-state index contributed by atoms with van der Waals surface area (Å²) in [4.78, 5) is 21.6. The van der Waals surface area contributed by atoms with E-state index >= 15 is 0 Å². The minimum Gasteiger partial charge on any atom is -0.378 e. The third kappa shape index (κ3) is 2.90. The molecule has 8 nitrogen and oxygen atoms in total. The van der Waals surface area contributed by atoms with Crippen LogP contribution in [0.3, 0.4) is 0 Å². The molecule has 148 valence electrons. The Kier molecular flexibility index (Phi) is 4.14. The second kappa shape index (κ2) is 7.12. The van der Waals surface area contributed by atoms with Crippen LogP contribution in [0.2, 0.25) is 0 Å². The summed E-state index contributed by atoms with van der Waals surface area (Å²) in [5, 5.41) is 8.22. The Hall–Kier alpha value is -3.43. The van der Waals surface area contributed by atoms with Crippen LogP contribution in [0.15, 0.2) is 49.2 Å². The Labute approximate surface area is 175 Å². The average molecular weight is 415 g/mol. The summed E-state index contributed by atoms with van der Waals surface area (Å²) in [5.41, 5.74) is 3.84. The molecule has 0 aliphatic carbocycles. The fraction of sp³-hybridized carbons (Fsp3) is 0.190. The number of anilines is 1. The molecule has 1 aromatic carbocycles. The van der Waals surface area contributed by atoms with Gasteiger partial charge in [-0.3, -0.25) is 5.10 Å². The fourth-order valence-electron chi connectivity index (χ4n) is 3.76. The highest BCUT2D eigenvalue weighted by molar-refractivity contribution is 7.22. The van der Waals surface area contributed by atoms with Crippen LogP contribution in [0.4, 0.5) is 5.82 Å². The first kappa shape index (κ1) is 17.4. The molecule has 6 rings (SSSR count). The second-order valence-electron chi connectivity index (χ2n) is 7.06. The van der Waals surface area contributed by atoms with Crippen molar-refractivity contribution < 1.29 is 4.74 Å². The van der Waals surface area contributed by atoms with Crippen molar-refractivity contribution in [1.29, 1.82) is 0 Å². The summed E-state index contributed by atoms with van der Waals surface area (Å²) in [6.07, 6.45) is 7.02. The van der Waals surface area contributed by atoms with Crippen molar-refractivity contribution in [1.82, 2.24) is 30.1 Å². The SMILES string of the molecule is c1cc(-c2nc(N3CCOCC3)c3sc(-c4cncnc4)cc3n2)c2cn[nH]c2c1. The smallest absolute Gasteiger partial charge is 0.162 e. The van der Waals surface area contributed by atoms with Gasteiger partial charge in [-0.05, 0) is 12.1 Å². The molecule has 0 atom stereocenters. The Morgan fingerprint density at radius 2 is 1.90 bits per heavy atom. The lowest BCUT2D eigenvalue weighted by molar-refractivity contribution is 0.122. The summed E-state index contributed by atoms with van der Waals surface area (Å²) >= 11 is 1.67. The molecule has 4 aromatic heterocycles. The number of thiophene rings is 1. The molecule has 0 bridgehead atoms. The lowest BCUT2D eigenvalue weighted by Gasteiger charge is -2.28. The minimum atomic E-state index is 0.697. The Morgan fingerprint density at radius 1 is 1.03 bits per heavy atom. The standard InChI is InChI=1S/C21H17N7OS/c1-2-14(15-11-24-27-16(15)3-1)20-25-17-8-18(13-9-22-12-23-10-13)30-19(17)21(26-20)28-4-6-29-7-5-28/h1-3,8-12H,4-7H2,(H,24,27). The number of aromatic nitrogens is 6. The molecule has 5 aromatic rings. The van der Waals surface area contributed by atoms with E-state index in [4.69, 9.17) is 14.7 Å². The van der Waals surface area contributed by atoms with Crippen molar-refractivity contribution in [3.63, 3.8) is 0 Å². The zero-order valence-corrected chi connectivity index (χ0v) is 16.8. The van der Waals surface area contributed by atoms with E-state index in [0.717, 1.165) is 56.0 Å². The van der Waals surface area contributed by atoms with E-state index in [2.05, 4.69) is 31.1 Å². The van der Waals surface area contributed by atoms with E-state index in [1.165, 1.54) is 0 Å². The zero-order valence-electron chi connectivity index (χ0n) is 15.9. The molecule has 9 heteroatoms. The number of morpholine rings is 1. The fourth-order valence-corrected chi connectivity index (χ4v) is 4.85. The topological polar surface area (TPSA) is 92.7 Å². The number of nitrogens with one attached hydrogen (secondary N) is 1. The number of hydrogen-bond donors (Lipinski definition) is 1. The first-order valence-electron chi connectivity index (χ1n) is 9.69. The van der Waals surface area contributed by atoms with E-state index in [9.17, 15) is 0 Å². The number of ether oxygens (including phenoxy) is 1. The highest BCUT2D eigenvalue weighted by atomic mass is 32.1. The normalized spacial score (nSPS) is 14.6. The zero-order chi connectivity index (χ0) is 19.9. The molecule has 1 fully saturated rings. The van der Waals surface area contributed by atoms with E-state index in [0.29, 0.717) is 19.0 Å². The van der Waals surface area contributed by atoms with Crippen molar-refractivity contribution in [2.45, 2.75) is 0 Å². The molecular weight excluding hydrogens is 398 g/mol. The number of hydrogen-bond acceptors (Lipinski definition) is 8. The predicted molar refractivity (Wildman–Crippen MR) is 117 cm³/mol. The highest BCUT2D eigenvalue weighted by Crippen LogP contribution is 2.39. The maximum atomic E-state index is 5.56. The summed E-state index contributed by atoms with van der Waals surface area (Å²) in [7, 11) is 0. The van der Waals surface area contributed by atoms with Crippen LogP contribution >= 0.6 is 11.3 Å². The first-order valence-corrected chi connectivity index (χ1v) is 10.5. The highest BCUT2D eigenvalue weighted by Gasteiger charge is 2.21. The maximum absolute atomic E-state index is 5.56. The molecule has 0 spiro atoms. The monoisotopic (exact) mass is 415 g/mol. The van der Waals surface area contributed by atoms with Gasteiger partial charge in [-0.15, -0.1) is 11.3 Å². The predicted octanol–water partition coefficient (Wildman–Crippen LogP) is 3.53. The van der Waals surface area contributed by atoms with Gasteiger partial charge in [0.25, 0.3) is 0 Å². The van der Waals surface area contributed by atoms with Crippen LogP contribution in [0, 0.1) is 0 Å². The van der Waals surface area contributed by atoms with Gasteiger partial charge >= 0.3 is 0 Å². The van der Waals surface area contributed by atoms with Gasteiger partial charge in [0, 0.05) is 46.9 Å². The summed E-state index contributed by atoms with van der Waals surface area (Å²) < 4.78 is 6.63. The molecule has 1 aliphatic heterocycles. The molecule has 0 amide bonds. The molecule has 0 radical (unpaired) electrons. The number of rotatable bonds is 3. The molecule has 1 saturated heterocycles.